The van der Waals surface area contributed by atoms with Crippen LogP contribution >= 0.6 is 0 Å². The van der Waals surface area contributed by atoms with Gasteiger partial charge in [-0.1, -0.05) is 25.1 Å². The number of hydrogen-bond acceptors (Lipinski definition) is 3. The summed E-state index contributed by atoms with van der Waals surface area (Å²) in [5.74, 6) is 1.30. The quantitative estimate of drug-likeness (QED) is 0.721. The van der Waals surface area contributed by atoms with Crippen molar-refractivity contribution in [3.63, 3.8) is 0 Å². The monoisotopic (exact) mass is 188 g/mol. The normalized spacial score (nSPS) is 10.8. The predicted octanol–water partition coefficient (Wildman–Crippen LogP) is 1.79. The van der Waals surface area contributed by atoms with Gasteiger partial charge in [0, 0.05) is 6.20 Å². The van der Waals surface area contributed by atoms with E-state index < -0.39 is 0 Å². The average molecular weight is 188 g/mol. The van der Waals surface area contributed by atoms with Gasteiger partial charge >= 0.3 is 0 Å². The summed E-state index contributed by atoms with van der Waals surface area (Å²) in [4.78, 5) is 4.30. The molecule has 2 aromatic rings. The molecule has 0 radical (unpaired) electrons. The van der Waals surface area contributed by atoms with Crippen molar-refractivity contribution in [3.8, 4) is 5.82 Å². The highest BCUT2D eigenvalue weighted by Gasteiger charge is 2.01. The smallest absolute Gasteiger partial charge is 0.155 e. The second kappa shape index (κ2) is 3.57. The Balaban J connectivity index is 2.31. The standard InChI is InChI=1S/C10H12N4/c1-8(2)9-3-4-10(11-7-9)14-6-5-12-13-14/h3-8H,1-2H3. The SMILES string of the molecule is CC(C)c1ccc(-n2ccnn2)nc1. The van der Waals surface area contributed by atoms with Crippen LogP contribution in [0.5, 0.6) is 0 Å². The molecule has 0 spiro atoms. The van der Waals surface area contributed by atoms with E-state index in [0.717, 1.165) is 5.82 Å². The zero-order valence-corrected chi connectivity index (χ0v) is 8.25. The van der Waals surface area contributed by atoms with E-state index >= 15 is 0 Å². The Kier molecular flexibility index (Phi) is 2.26. The van der Waals surface area contributed by atoms with Gasteiger partial charge in [0.15, 0.2) is 5.82 Å². The van der Waals surface area contributed by atoms with Crippen LogP contribution in [0, 0.1) is 0 Å². The van der Waals surface area contributed by atoms with Crippen molar-refractivity contribution in [2.24, 2.45) is 0 Å². The summed E-state index contributed by atoms with van der Waals surface area (Å²) in [6, 6.07) is 4.01. The molecular formula is C10H12N4. The Labute approximate surface area is 82.6 Å². The van der Waals surface area contributed by atoms with E-state index in [1.54, 1.807) is 17.1 Å². The molecule has 2 rings (SSSR count). The number of rotatable bonds is 2. The van der Waals surface area contributed by atoms with Gasteiger partial charge in [-0.3, -0.25) is 0 Å². The van der Waals surface area contributed by atoms with Crippen LogP contribution in [-0.2, 0) is 0 Å². The van der Waals surface area contributed by atoms with E-state index in [9.17, 15) is 0 Å². The number of pyridine rings is 1. The first kappa shape index (κ1) is 8.87. The van der Waals surface area contributed by atoms with Gasteiger partial charge in [-0.05, 0) is 17.5 Å². The second-order valence-electron chi connectivity index (χ2n) is 3.45. The highest BCUT2D eigenvalue weighted by molar-refractivity contribution is 5.25. The summed E-state index contributed by atoms with van der Waals surface area (Å²) in [6.07, 6.45) is 5.29. The molecule has 4 nitrogen and oxygen atoms in total. The van der Waals surface area contributed by atoms with Gasteiger partial charge in [0.2, 0.25) is 0 Å². The Morgan fingerprint density at radius 3 is 2.64 bits per heavy atom. The van der Waals surface area contributed by atoms with Crippen LogP contribution < -0.4 is 0 Å². The highest BCUT2D eigenvalue weighted by atomic mass is 15.4. The molecule has 0 aliphatic rings. The van der Waals surface area contributed by atoms with Crippen LogP contribution in [0.3, 0.4) is 0 Å². The Morgan fingerprint density at radius 1 is 1.29 bits per heavy atom. The predicted molar refractivity (Wildman–Crippen MR) is 53.2 cm³/mol. The maximum absolute atomic E-state index is 4.30. The molecule has 0 fully saturated rings. The minimum Gasteiger partial charge on any atom is -0.237 e. The highest BCUT2D eigenvalue weighted by Crippen LogP contribution is 2.13. The van der Waals surface area contributed by atoms with E-state index in [1.807, 2.05) is 12.3 Å². The lowest BCUT2D eigenvalue weighted by Gasteiger charge is -2.05. The molecule has 72 valence electrons. The Morgan fingerprint density at radius 2 is 2.14 bits per heavy atom. The van der Waals surface area contributed by atoms with E-state index in [0.29, 0.717) is 5.92 Å². The van der Waals surface area contributed by atoms with Crippen molar-refractivity contribution in [3.05, 3.63) is 36.3 Å². The average Bonchev–Trinajstić information content (AvgIpc) is 2.71. The third-order valence-corrected chi connectivity index (χ3v) is 2.09. The Hall–Kier alpha value is -1.71. The fourth-order valence-corrected chi connectivity index (χ4v) is 1.20. The molecule has 0 amide bonds. The first-order valence-electron chi connectivity index (χ1n) is 4.60. The second-order valence-corrected chi connectivity index (χ2v) is 3.45. The van der Waals surface area contributed by atoms with Crippen molar-refractivity contribution >= 4 is 0 Å². The molecule has 0 aliphatic carbocycles. The van der Waals surface area contributed by atoms with E-state index in [2.05, 4.69) is 35.2 Å². The first-order valence-corrected chi connectivity index (χ1v) is 4.60. The lowest BCUT2D eigenvalue weighted by molar-refractivity contribution is 0.774. The summed E-state index contributed by atoms with van der Waals surface area (Å²) >= 11 is 0. The maximum Gasteiger partial charge on any atom is 0.155 e. The van der Waals surface area contributed by atoms with Gasteiger partial charge in [-0.25, -0.2) is 9.67 Å². The molecule has 0 unspecified atom stereocenters. The minimum atomic E-state index is 0.507. The summed E-state index contributed by atoms with van der Waals surface area (Å²) in [6.45, 7) is 4.29. The van der Waals surface area contributed by atoms with Gasteiger partial charge in [0.05, 0.1) is 12.4 Å². The number of hydrogen-bond donors (Lipinski definition) is 0. The molecule has 4 heteroatoms. The van der Waals surface area contributed by atoms with Crippen LogP contribution in [0.2, 0.25) is 0 Å². The summed E-state index contributed by atoms with van der Waals surface area (Å²) in [7, 11) is 0. The third kappa shape index (κ3) is 1.64. The van der Waals surface area contributed by atoms with E-state index in [-0.39, 0.29) is 0 Å². The van der Waals surface area contributed by atoms with Gasteiger partial charge < -0.3 is 0 Å². The topological polar surface area (TPSA) is 43.6 Å². The lowest BCUT2D eigenvalue weighted by Crippen LogP contribution is -1.99. The molecule has 2 aromatic heterocycles. The minimum absolute atomic E-state index is 0.507. The summed E-state index contributed by atoms with van der Waals surface area (Å²) in [5.41, 5.74) is 1.23. The van der Waals surface area contributed by atoms with Gasteiger partial charge in [0.1, 0.15) is 0 Å². The molecule has 0 aliphatic heterocycles. The Bertz CT molecular complexity index is 389. The maximum atomic E-state index is 4.30. The first-order chi connectivity index (χ1) is 6.77. The fraction of sp³-hybridized carbons (Fsp3) is 0.300. The van der Waals surface area contributed by atoms with Gasteiger partial charge in [-0.2, -0.15) is 0 Å². The summed E-state index contributed by atoms with van der Waals surface area (Å²) < 4.78 is 1.64. The fourth-order valence-electron chi connectivity index (χ4n) is 1.20. The lowest BCUT2D eigenvalue weighted by atomic mass is 10.1. The zero-order valence-electron chi connectivity index (χ0n) is 8.25. The van der Waals surface area contributed by atoms with Crippen molar-refractivity contribution in [1.29, 1.82) is 0 Å². The molecule has 0 aromatic carbocycles. The molecule has 0 N–H and O–H groups in total. The van der Waals surface area contributed by atoms with Crippen molar-refractivity contribution < 1.29 is 0 Å². The van der Waals surface area contributed by atoms with Gasteiger partial charge in [-0.15, -0.1) is 5.10 Å². The zero-order chi connectivity index (χ0) is 9.97. The molecule has 0 bridgehead atoms. The molecule has 2 heterocycles. The van der Waals surface area contributed by atoms with Crippen LogP contribution in [0.15, 0.2) is 30.7 Å². The van der Waals surface area contributed by atoms with Gasteiger partial charge in [0.25, 0.3) is 0 Å². The van der Waals surface area contributed by atoms with Crippen molar-refractivity contribution in [2.45, 2.75) is 19.8 Å². The molecule has 0 saturated heterocycles. The van der Waals surface area contributed by atoms with E-state index in [1.165, 1.54) is 5.56 Å². The van der Waals surface area contributed by atoms with E-state index in [4.69, 9.17) is 0 Å². The van der Waals surface area contributed by atoms with Crippen LogP contribution in [0.25, 0.3) is 5.82 Å². The van der Waals surface area contributed by atoms with Crippen LogP contribution in [0.1, 0.15) is 25.3 Å². The number of aromatic nitrogens is 4. The molecule has 0 saturated carbocycles. The molecule has 14 heavy (non-hydrogen) atoms. The van der Waals surface area contributed by atoms with Crippen LogP contribution in [0.4, 0.5) is 0 Å². The number of nitrogens with zero attached hydrogens (tertiary/aromatic N) is 4. The largest absolute Gasteiger partial charge is 0.237 e. The third-order valence-electron chi connectivity index (χ3n) is 2.09. The molecular weight excluding hydrogens is 176 g/mol. The molecule has 0 atom stereocenters. The van der Waals surface area contributed by atoms with Crippen molar-refractivity contribution in [1.82, 2.24) is 20.0 Å². The van der Waals surface area contributed by atoms with Crippen LogP contribution in [-0.4, -0.2) is 20.0 Å². The van der Waals surface area contributed by atoms with Crippen molar-refractivity contribution in [2.75, 3.05) is 0 Å². The summed E-state index contributed by atoms with van der Waals surface area (Å²) in [5, 5.41) is 7.59.